The summed E-state index contributed by atoms with van der Waals surface area (Å²) in [6.45, 7) is 9.34. The second kappa shape index (κ2) is 7.90. The summed E-state index contributed by atoms with van der Waals surface area (Å²) >= 11 is 1.16. The number of aldehydes is 2. The summed E-state index contributed by atoms with van der Waals surface area (Å²) in [5.74, 6) is 0.397. The first-order valence-corrected chi connectivity index (χ1v) is 9.31. The summed E-state index contributed by atoms with van der Waals surface area (Å²) < 4.78 is 12.2. The second-order valence-corrected chi connectivity index (χ2v) is 8.41. The number of benzene rings is 1. The third kappa shape index (κ3) is 4.72. The predicted molar refractivity (Wildman–Crippen MR) is 104 cm³/mol. The van der Waals surface area contributed by atoms with Crippen LogP contribution in [0.4, 0.5) is 0 Å². The van der Waals surface area contributed by atoms with Gasteiger partial charge in [-0.1, -0.05) is 17.8 Å². The molecule has 0 aromatic heterocycles. The number of thioether (sulfide) groups is 1. The average molecular weight is 374 g/mol. The molecule has 0 aliphatic carbocycles. The fraction of sp³-hybridized carbons (Fsp3) is 0.421. The molecule has 0 amide bonds. The average Bonchev–Trinajstić information content (AvgIpc) is 2.78. The van der Waals surface area contributed by atoms with E-state index in [0.717, 1.165) is 17.2 Å². The van der Waals surface area contributed by atoms with Gasteiger partial charge in [-0.25, -0.2) is 0 Å². The minimum atomic E-state index is -0.605. The number of hydrogen-bond acceptors (Lipinski definition) is 6. The first-order chi connectivity index (χ1) is 12.1. The van der Waals surface area contributed by atoms with E-state index in [0.29, 0.717) is 35.0 Å². The molecular weight excluding hydrogens is 351 g/mol. The standard InChI is InChI=1S/C19H23BO5S/c1-13(23)26-12-17(20-24-18(2,3)19(4,5)25-20)9-14-6-15(10-21)8-16(7-14)11-22/h6-11H,12H2,1-5H3. The van der Waals surface area contributed by atoms with Crippen LogP contribution in [0.2, 0.25) is 0 Å². The van der Waals surface area contributed by atoms with Gasteiger partial charge in [0.15, 0.2) is 5.12 Å². The molecule has 0 N–H and O–H groups in total. The van der Waals surface area contributed by atoms with Crippen LogP contribution in [0.5, 0.6) is 0 Å². The normalized spacial score (nSPS) is 18.7. The van der Waals surface area contributed by atoms with Crippen LogP contribution < -0.4 is 0 Å². The van der Waals surface area contributed by atoms with Gasteiger partial charge in [0, 0.05) is 23.8 Å². The Morgan fingerprint density at radius 1 is 1.00 bits per heavy atom. The summed E-state index contributed by atoms with van der Waals surface area (Å²) in [6.07, 6.45) is 3.21. The van der Waals surface area contributed by atoms with Gasteiger partial charge >= 0.3 is 7.12 Å². The smallest absolute Gasteiger partial charge is 0.400 e. The number of carbonyl (C=O) groups excluding carboxylic acids is 3. The third-order valence-electron chi connectivity index (χ3n) is 4.62. The molecule has 1 aliphatic heterocycles. The fourth-order valence-corrected chi connectivity index (χ4v) is 3.08. The molecule has 0 atom stereocenters. The van der Waals surface area contributed by atoms with Gasteiger partial charge in [0.05, 0.1) is 11.2 Å². The topological polar surface area (TPSA) is 69.7 Å². The van der Waals surface area contributed by atoms with Crippen molar-refractivity contribution in [3.63, 3.8) is 0 Å². The summed E-state index contributed by atoms with van der Waals surface area (Å²) in [5.41, 5.74) is 1.27. The molecule has 0 radical (unpaired) electrons. The van der Waals surface area contributed by atoms with E-state index in [-0.39, 0.29) is 5.12 Å². The van der Waals surface area contributed by atoms with Gasteiger partial charge in [-0.3, -0.25) is 14.4 Å². The van der Waals surface area contributed by atoms with E-state index in [1.54, 1.807) is 12.1 Å². The molecule has 1 aromatic carbocycles. The molecule has 0 saturated carbocycles. The van der Waals surface area contributed by atoms with Gasteiger partial charge in [0.2, 0.25) is 0 Å². The van der Waals surface area contributed by atoms with E-state index in [9.17, 15) is 14.4 Å². The van der Waals surface area contributed by atoms with Gasteiger partial charge in [-0.15, -0.1) is 0 Å². The van der Waals surface area contributed by atoms with E-state index < -0.39 is 18.3 Å². The minimum absolute atomic E-state index is 0.0114. The first-order valence-electron chi connectivity index (χ1n) is 8.33. The Bertz CT molecular complexity index is 712. The maximum absolute atomic E-state index is 11.4. The number of rotatable bonds is 6. The Morgan fingerprint density at radius 3 is 1.88 bits per heavy atom. The summed E-state index contributed by atoms with van der Waals surface area (Å²) in [4.78, 5) is 33.7. The summed E-state index contributed by atoms with van der Waals surface area (Å²) in [7, 11) is -0.605. The molecular formula is C19H23BO5S. The molecule has 1 aromatic rings. The second-order valence-electron chi connectivity index (χ2n) is 7.26. The van der Waals surface area contributed by atoms with Crippen molar-refractivity contribution in [1.29, 1.82) is 0 Å². The van der Waals surface area contributed by atoms with Crippen molar-refractivity contribution in [2.45, 2.75) is 45.8 Å². The van der Waals surface area contributed by atoms with E-state index in [2.05, 4.69) is 0 Å². The van der Waals surface area contributed by atoms with Gasteiger partial charge in [0.1, 0.15) is 12.6 Å². The quantitative estimate of drug-likeness (QED) is 0.560. The van der Waals surface area contributed by atoms with Gasteiger partial charge in [0.25, 0.3) is 0 Å². The van der Waals surface area contributed by atoms with Crippen molar-refractivity contribution >= 4 is 42.6 Å². The van der Waals surface area contributed by atoms with E-state index in [4.69, 9.17) is 9.31 Å². The lowest BCUT2D eigenvalue weighted by Crippen LogP contribution is -2.41. The van der Waals surface area contributed by atoms with E-state index in [1.807, 2.05) is 33.8 Å². The van der Waals surface area contributed by atoms with Crippen molar-refractivity contribution in [1.82, 2.24) is 0 Å². The molecule has 1 heterocycles. The SMILES string of the molecule is CC(=O)SCC(=Cc1cc(C=O)cc(C=O)c1)B1OC(C)(C)C(C)(C)O1. The Morgan fingerprint density at radius 2 is 1.46 bits per heavy atom. The zero-order chi connectivity index (χ0) is 19.5. The summed E-state index contributed by atoms with van der Waals surface area (Å²) in [6, 6.07) is 4.89. The van der Waals surface area contributed by atoms with Crippen LogP contribution in [0.3, 0.4) is 0 Å². The Kier molecular flexibility index (Phi) is 6.27. The molecule has 5 nitrogen and oxygen atoms in total. The van der Waals surface area contributed by atoms with Gasteiger partial charge < -0.3 is 9.31 Å². The maximum Gasteiger partial charge on any atom is 0.491 e. The monoisotopic (exact) mass is 374 g/mol. The molecule has 0 unspecified atom stereocenters. The Hall–Kier alpha value is -1.70. The van der Waals surface area contributed by atoms with Gasteiger partial charge in [-0.2, -0.15) is 0 Å². The van der Waals surface area contributed by atoms with Crippen molar-refractivity contribution in [3.05, 3.63) is 40.4 Å². The molecule has 1 saturated heterocycles. The van der Waals surface area contributed by atoms with Crippen LogP contribution in [-0.4, -0.2) is 41.8 Å². The molecule has 2 rings (SSSR count). The lowest BCUT2D eigenvalue weighted by molar-refractivity contribution is -0.109. The summed E-state index contributed by atoms with van der Waals surface area (Å²) in [5, 5.41) is -0.0114. The highest BCUT2D eigenvalue weighted by Gasteiger charge is 2.52. The molecule has 1 aliphatic rings. The molecule has 26 heavy (non-hydrogen) atoms. The fourth-order valence-electron chi connectivity index (χ4n) is 2.49. The molecule has 138 valence electrons. The predicted octanol–water partition coefficient (Wildman–Crippen LogP) is 3.61. The van der Waals surface area contributed by atoms with Crippen molar-refractivity contribution < 1.29 is 23.7 Å². The number of hydrogen-bond donors (Lipinski definition) is 0. The maximum atomic E-state index is 11.4. The molecule has 0 bridgehead atoms. The lowest BCUT2D eigenvalue weighted by atomic mass is 9.78. The third-order valence-corrected chi connectivity index (χ3v) is 5.51. The first kappa shape index (κ1) is 20.6. The van der Waals surface area contributed by atoms with Crippen LogP contribution in [0.25, 0.3) is 6.08 Å². The van der Waals surface area contributed by atoms with E-state index in [1.165, 1.54) is 13.0 Å². The van der Waals surface area contributed by atoms with Crippen molar-refractivity contribution in [3.8, 4) is 0 Å². The minimum Gasteiger partial charge on any atom is -0.400 e. The van der Waals surface area contributed by atoms with Crippen LogP contribution in [0, 0.1) is 0 Å². The van der Waals surface area contributed by atoms with Crippen molar-refractivity contribution in [2.75, 3.05) is 5.75 Å². The largest absolute Gasteiger partial charge is 0.491 e. The molecule has 1 fully saturated rings. The zero-order valence-electron chi connectivity index (χ0n) is 15.7. The Labute approximate surface area is 158 Å². The van der Waals surface area contributed by atoms with Crippen LogP contribution in [0.15, 0.2) is 23.7 Å². The highest BCUT2D eigenvalue weighted by molar-refractivity contribution is 8.13. The van der Waals surface area contributed by atoms with Crippen LogP contribution in [0.1, 0.15) is 60.9 Å². The molecule has 7 heteroatoms. The Balaban J connectivity index is 2.42. The van der Waals surface area contributed by atoms with Gasteiger partial charge in [-0.05, 0) is 56.9 Å². The van der Waals surface area contributed by atoms with Crippen molar-refractivity contribution in [2.24, 2.45) is 0 Å². The van der Waals surface area contributed by atoms with E-state index >= 15 is 0 Å². The number of carbonyl (C=O) groups is 3. The lowest BCUT2D eigenvalue weighted by Gasteiger charge is -2.32. The van der Waals surface area contributed by atoms with Crippen LogP contribution in [-0.2, 0) is 14.1 Å². The highest BCUT2D eigenvalue weighted by Crippen LogP contribution is 2.39. The molecule has 0 spiro atoms. The zero-order valence-corrected chi connectivity index (χ0v) is 16.5. The highest BCUT2D eigenvalue weighted by atomic mass is 32.2. The van der Waals surface area contributed by atoms with Crippen LogP contribution >= 0.6 is 11.8 Å².